The molecule has 0 aromatic heterocycles. The van der Waals surface area contributed by atoms with Crippen molar-refractivity contribution < 1.29 is 34.1 Å². The lowest BCUT2D eigenvalue weighted by molar-refractivity contribution is -0.124. The molecule has 2 atom stereocenters. The number of rotatable bonds is 10. The van der Waals surface area contributed by atoms with Crippen molar-refractivity contribution in [2.24, 2.45) is 0 Å². The fourth-order valence-corrected chi connectivity index (χ4v) is 2.82. The van der Waals surface area contributed by atoms with Crippen molar-refractivity contribution >= 4 is 33.6 Å². The van der Waals surface area contributed by atoms with Gasteiger partial charge in [0.05, 0.1) is 6.61 Å². The van der Waals surface area contributed by atoms with Crippen molar-refractivity contribution in [1.82, 2.24) is 5.48 Å². The number of ether oxygens (including phenoxy) is 3. The van der Waals surface area contributed by atoms with E-state index in [0.29, 0.717) is 17.0 Å². The van der Waals surface area contributed by atoms with E-state index in [1.807, 2.05) is 0 Å². The van der Waals surface area contributed by atoms with Crippen LogP contribution >= 0.6 is 15.9 Å². The van der Waals surface area contributed by atoms with Gasteiger partial charge in [-0.05, 0) is 48.0 Å². The Morgan fingerprint density at radius 3 is 2.39 bits per heavy atom. The molecule has 2 amide bonds. The number of anilines is 1. The second kappa shape index (κ2) is 12.7. The van der Waals surface area contributed by atoms with E-state index in [0.717, 1.165) is 10.5 Å². The van der Waals surface area contributed by atoms with Crippen LogP contribution in [-0.2, 0) is 14.3 Å². The van der Waals surface area contributed by atoms with Crippen molar-refractivity contribution in [3.63, 3.8) is 0 Å². The maximum Gasteiger partial charge on any atom is 0.412 e. The summed E-state index contributed by atoms with van der Waals surface area (Å²) in [4.78, 5) is 23.9. The van der Waals surface area contributed by atoms with Crippen molar-refractivity contribution in [3.05, 3.63) is 70.7 Å². The van der Waals surface area contributed by atoms with Crippen LogP contribution < -0.4 is 15.5 Å². The summed E-state index contributed by atoms with van der Waals surface area (Å²) in [5, 5.41) is 20.2. The summed E-state index contributed by atoms with van der Waals surface area (Å²) in [6.45, 7) is 0.0295. The molecule has 0 aliphatic heterocycles. The molecule has 0 radical (unpaired) electrons. The Balaban J connectivity index is 2.23. The van der Waals surface area contributed by atoms with E-state index in [4.69, 9.17) is 24.5 Å². The molecule has 0 fully saturated rings. The summed E-state index contributed by atoms with van der Waals surface area (Å²) in [5.74, 6) is -0.229. The first-order valence-electron chi connectivity index (χ1n) is 9.18. The number of hydrogen-bond acceptors (Lipinski definition) is 7. The molecule has 0 bridgehead atoms. The molecule has 2 aromatic rings. The fraction of sp³-hybridized carbons (Fsp3) is 0.238. The zero-order chi connectivity index (χ0) is 22.6. The third-order valence-corrected chi connectivity index (χ3v) is 4.54. The minimum atomic E-state index is -0.921. The van der Waals surface area contributed by atoms with Crippen molar-refractivity contribution in [1.29, 1.82) is 0 Å². The number of carbonyl (C=O) groups excluding carboxylic acids is 2. The lowest BCUT2D eigenvalue weighted by Crippen LogP contribution is -2.27. The first-order chi connectivity index (χ1) is 15.0. The van der Waals surface area contributed by atoms with E-state index in [1.54, 1.807) is 48.5 Å². The molecule has 10 heteroatoms. The third kappa shape index (κ3) is 8.02. The second-order valence-corrected chi connectivity index (χ2v) is 7.05. The van der Waals surface area contributed by atoms with Crippen molar-refractivity contribution in [2.75, 3.05) is 25.6 Å². The molecule has 2 aromatic carbocycles. The van der Waals surface area contributed by atoms with Crippen molar-refractivity contribution in [2.45, 2.75) is 12.2 Å². The Bertz CT molecular complexity index is 872. The van der Waals surface area contributed by atoms with Gasteiger partial charge in [0.1, 0.15) is 18.5 Å². The Morgan fingerprint density at radius 2 is 1.81 bits per heavy atom. The number of aliphatic hydroxyl groups excluding tert-OH is 1. The Hall–Kier alpha value is -2.92. The summed E-state index contributed by atoms with van der Waals surface area (Å²) >= 11 is 3.32. The van der Waals surface area contributed by atoms with Gasteiger partial charge in [0, 0.05) is 23.3 Å². The van der Waals surface area contributed by atoms with Crippen LogP contribution in [0.25, 0.3) is 0 Å². The molecule has 9 nitrogen and oxygen atoms in total. The normalized spacial score (nSPS) is 12.8. The van der Waals surface area contributed by atoms with Gasteiger partial charge in [-0.25, -0.2) is 10.3 Å². The van der Waals surface area contributed by atoms with E-state index in [1.165, 1.54) is 18.7 Å². The predicted molar refractivity (Wildman–Crippen MR) is 116 cm³/mol. The highest BCUT2D eigenvalue weighted by atomic mass is 79.9. The van der Waals surface area contributed by atoms with Gasteiger partial charge in [0.25, 0.3) is 5.91 Å². The number of hydroxylamine groups is 1. The average molecular weight is 495 g/mol. The van der Waals surface area contributed by atoms with Crippen LogP contribution in [0.2, 0.25) is 0 Å². The Morgan fingerprint density at radius 1 is 1.13 bits per heavy atom. The highest BCUT2D eigenvalue weighted by Gasteiger charge is 2.26. The van der Waals surface area contributed by atoms with Crippen LogP contribution in [0.3, 0.4) is 0 Å². The molecule has 2 rings (SSSR count). The first-order valence-corrected chi connectivity index (χ1v) is 9.98. The molecule has 0 unspecified atom stereocenters. The zero-order valence-electron chi connectivity index (χ0n) is 16.7. The Labute approximate surface area is 187 Å². The van der Waals surface area contributed by atoms with Gasteiger partial charge in [-0.2, -0.15) is 0 Å². The van der Waals surface area contributed by atoms with E-state index in [-0.39, 0.29) is 13.2 Å². The van der Waals surface area contributed by atoms with Gasteiger partial charge in [-0.3, -0.25) is 15.3 Å². The molecule has 0 aliphatic rings. The summed E-state index contributed by atoms with van der Waals surface area (Å²) in [6, 6.07) is 13.6. The fourth-order valence-electron chi connectivity index (χ4n) is 2.56. The number of halogens is 1. The zero-order valence-corrected chi connectivity index (χ0v) is 18.2. The van der Waals surface area contributed by atoms with Gasteiger partial charge >= 0.3 is 6.09 Å². The highest BCUT2D eigenvalue weighted by Crippen LogP contribution is 2.27. The van der Waals surface area contributed by atoms with Crippen molar-refractivity contribution in [3.8, 4) is 5.75 Å². The maximum atomic E-state index is 12.5. The van der Waals surface area contributed by atoms with Crippen LogP contribution in [0.5, 0.6) is 5.75 Å². The molecule has 0 saturated heterocycles. The van der Waals surface area contributed by atoms with Crippen LogP contribution in [-0.4, -0.2) is 48.7 Å². The summed E-state index contributed by atoms with van der Waals surface area (Å²) in [6.07, 6.45) is -0.0582. The van der Waals surface area contributed by atoms with E-state index < -0.39 is 24.2 Å². The minimum absolute atomic E-state index is 0.118. The van der Waals surface area contributed by atoms with Crippen LogP contribution in [0, 0.1) is 0 Å². The summed E-state index contributed by atoms with van der Waals surface area (Å²) in [5.41, 5.74) is 2.59. The molecular formula is C21H23BrN2O7. The molecule has 4 N–H and O–H groups in total. The van der Waals surface area contributed by atoms with E-state index in [9.17, 15) is 9.59 Å². The lowest BCUT2D eigenvalue weighted by atomic mass is 10.0. The maximum absolute atomic E-state index is 12.5. The number of amides is 2. The van der Waals surface area contributed by atoms with Gasteiger partial charge in [-0.15, -0.1) is 0 Å². The van der Waals surface area contributed by atoms with E-state index >= 15 is 0 Å². The molecule has 0 spiro atoms. The Kier molecular flexibility index (Phi) is 9.98. The molecule has 31 heavy (non-hydrogen) atoms. The van der Waals surface area contributed by atoms with Crippen LogP contribution in [0.1, 0.15) is 11.7 Å². The number of nitrogens with one attached hydrogen (secondary N) is 2. The smallest absolute Gasteiger partial charge is 0.412 e. The SMILES string of the molecule is CO[C@@H](/C=C/C(=O)NO)[C@@H](OC(=O)Nc1ccc(Br)cc1)c1ccc(OCCO)cc1. The number of methoxy groups -OCH3 is 1. The molecule has 0 aliphatic carbocycles. The monoisotopic (exact) mass is 494 g/mol. The number of aliphatic hydroxyl groups is 1. The van der Waals surface area contributed by atoms with Crippen LogP contribution in [0.15, 0.2) is 65.2 Å². The second-order valence-electron chi connectivity index (χ2n) is 6.13. The topological polar surface area (TPSA) is 126 Å². The molecule has 166 valence electrons. The standard InChI is InChI=1S/C21H23BrN2O7/c1-29-18(10-11-19(26)24-28)20(14-2-8-17(9-3-14)30-13-12-25)31-21(27)23-16-6-4-15(22)5-7-16/h2-11,18,20,25,28H,12-13H2,1H3,(H,23,27)(H,24,26)/b11-10+/t18-,20-/m0/s1. The quantitative estimate of drug-likeness (QED) is 0.227. The van der Waals surface area contributed by atoms with E-state index in [2.05, 4.69) is 21.2 Å². The molecule has 0 saturated carbocycles. The number of benzene rings is 2. The predicted octanol–water partition coefficient (Wildman–Crippen LogP) is 3.19. The minimum Gasteiger partial charge on any atom is -0.491 e. The molecule has 0 heterocycles. The van der Waals surface area contributed by atoms with Gasteiger partial charge < -0.3 is 19.3 Å². The van der Waals surface area contributed by atoms with Crippen LogP contribution in [0.4, 0.5) is 10.5 Å². The largest absolute Gasteiger partial charge is 0.491 e. The highest BCUT2D eigenvalue weighted by molar-refractivity contribution is 9.10. The third-order valence-electron chi connectivity index (χ3n) is 4.01. The average Bonchev–Trinajstić information content (AvgIpc) is 2.79. The van der Waals surface area contributed by atoms with Gasteiger partial charge in [0.15, 0.2) is 6.10 Å². The first kappa shape index (κ1) is 24.4. The summed E-state index contributed by atoms with van der Waals surface area (Å²) < 4.78 is 17.2. The lowest BCUT2D eigenvalue weighted by Gasteiger charge is -2.24. The van der Waals surface area contributed by atoms with Gasteiger partial charge in [-0.1, -0.05) is 28.1 Å². The van der Waals surface area contributed by atoms with Gasteiger partial charge in [0.2, 0.25) is 0 Å². The summed E-state index contributed by atoms with van der Waals surface area (Å²) in [7, 11) is 1.40. The molecular weight excluding hydrogens is 472 g/mol. The number of carbonyl (C=O) groups is 2. The number of hydrogen-bond donors (Lipinski definition) is 4.